The van der Waals surface area contributed by atoms with E-state index in [1.165, 1.54) is 5.56 Å². The van der Waals surface area contributed by atoms with Gasteiger partial charge < -0.3 is 5.32 Å². The zero-order valence-corrected chi connectivity index (χ0v) is 10.4. The summed E-state index contributed by atoms with van der Waals surface area (Å²) in [5.41, 5.74) is 1.32. The maximum atomic E-state index is 4.21. The molecule has 0 aliphatic carbocycles. The monoisotopic (exact) mass is 229 g/mol. The molecule has 0 saturated heterocycles. The molecule has 0 aliphatic heterocycles. The lowest BCUT2D eigenvalue weighted by molar-refractivity contribution is 0.413. The minimum Gasteiger partial charge on any atom is -0.306 e. The van der Waals surface area contributed by atoms with Crippen molar-refractivity contribution in [3.05, 3.63) is 54.4 Å². The van der Waals surface area contributed by atoms with E-state index in [1.54, 1.807) is 0 Å². The first-order valence-corrected chi connectivity index (χ1v) is 6.04. The Bertz CT molecular complexity index is 422. The molecule has 3 nitrogen and oxygen atoms in total. The van der Waals surface area contributed by atoms with Crippen LogP contribution in [-0.2, 0) is 6.54 Å². The van der Waals surface area contributed by atoms with Crippen molar-refractivity contribution in [2.75, 3.05) is 0 Å². The highest BCUT2D eigenvalue weighted by atomic mass is 15.3. The lowest BCUT2D eigenvalue weighted by Gasteiger charge is -2.20. The predicted molar refractivity (Wildman–Crippen MR) is 69.7 cm³/mol. The summed E-state index contributed by atoms with van der Waals surface area (Å²) in [7, 11) is 0. The standard InChI is InChI=1S/C14H19N3/c1-12(11-17-10-6-9-15-17)16-13(2)14-7-4-3-5-8-14/h3-10,12-13,16H,11H2,1-2H3. The smallest absolute Gasteiger partial charge is 0.0560 e. The van der Waals surface area contributed by atoms with E-state index in [9.17, 15) is 0 Å². The largest absolute Gasteiger partial charge is 0.306 e. The van der Waals surface area contributed by atoms with Crippen LogP contribution in [0, 0.1) is 0 Å². The second-order valence-electron chi connectivity index (χ2n) is 4.43. The van der Waals surface area contributed by atoms with Crippen LogP contribution in [0.2, 0.25) is 0 Å². The molecule has 1 N–H and O–H groups in total. The van der Waals surface area contributed by atoms with E-state index in [4.69, 9.17) is 0 Å². The minimum absolute atomic E-state index is 0.363. The second kappa shape index (κ2) is 5.64. The fourth-order valence-electron chi connectivity index (χ4n) is 2.01. The third-order valence-electron chi connectivity index (χ3n) is 2.85. The van der Waals surface area contributed by atoms with Crippen molar-refractivity contribution in [2.24, 2.45) is 0 Å². The summed E-state index contributed by atoms with van der Waals surface area (Å²) in [6, 6.07) is 13.2. The van der Waals surface area contributed by atoms with Gasteiger partial charge in [-0.25, -0.2) is 0 Å². The third-order valence-corrected chi connectivity index (χ3v) is 2.85. The molecule has 1 aromatic heterocycles. The molecule has 17 heavy (non-hydrogen) atoms. The van der Waals surface area contributed by atoms with Gasteiger partial charge in [0, 0.05) is 24.5 Å². The van der Waals surface area contributed by atoms with Gasteiger partial charge in [-0.1, -0.05) is 30.3 Å². The molecule has 0 spiro atoms. The number of nitrogens with one attached hydrogen (secondary N) is 1. The molecule has 90 valence electrons. The Hall–Kier alpha value is -1.61. The van der Waals surface area contributed by atoms with Crippen molar-refractivity contribution in [3.8, 4) is 0 Å². The van der Waals surface area contributed by atoms with Crippen LogP contribution < -0.4 is 5.32 Å². The molecule has 0 bridgehead atoms. The van der Waals surface area contributed by atoms with Crippen molar-refractivity contribution < 1.29 is 0 Å². The van der Waals surface area contributed by atoms with Crippen molar-refractivity contribution in [3.63, 3.8) is 0 Å². The number of aromatic nitrogens is 2. The quantitative estimate of drug-likeness (QED) is 0.854. The van der Waals surface area contributed by atoms with Gasteiger partial charge in [0.2, 0.25) is 0 Å². The van der Waals surface area contributed by atoms with E-state index in [1.807, 2.05) is 29.2 Å². The van der Waals surface area contributed by atoms with Crippen LogP contribution in [0.5, 0.6) is 0 Å². The number of hydrogen-bond acceptors (Lipinski definition) is 2. The molecule has 0 amide bonds. The summed E-state index contributed by atoms with van der Waals surface area (Å²) in [6.07, 6.45) is 3.80. The second-order valence-corrected chi connectivity index (χ2v) is 4.43. The molecule has 2 rings (SSSR count). The van der Waals surface area contributed by atoms with Crippen molar-refractivity contribution in [1.82, 2.24) is 15.1 Å². The van der Waals surface area contributed by atoms with Gasteiger partial charge in [-0.2, -0.15) is 5.10 Å². The molecule has 0 fully saturated rings. The highest BCUT2D eigenvalue weighted by molar-refractivity contribution is 5.18. The first-order chi connectivity index (χ1) is 8.25. The number of nitrogens with zero attached hydrogens (tertiary/aromatic N) is 2. The van der Waals surface area contributed by atoms with Gasteiger partial charge in [-0.15, -0.1) is 0 Å². The van der Waals surface area contributed by atoms with Crippen LogP contribution in [0.4, 0.5) is 0 Å². The lowest BCUT2D eigenvalue weighted by atomic mass is 10.1. The first kappa shape index (κ1) is 11.9. The summed E-state index contributed by atoms with van der Waals surface area (Å²) in [5.74, 6) is 0. The van der Waals surface area contributed by atoms with Gasteiger partial charge in [0.1, 0.15) is 0 Å². The normalized spacial score (nSPS) is 14.5. The van der Waals surface area contributed by atoms with Crippen molar-refractivity contribution >= 4 is 0 Å². The Labute approximate surface area is 102 Å². The number of rotatable bonds is 5. The van der Waals surface area contributed by atoms with Gasteiger partial charge in [0.05, 0.1) is 6.54 Å². The Morgan fingerprint density at radius 1 is 1.18 bits per heavy atom. The van der Waals surface area contributed by atoms with Gasteiger partial charge in [-0.3, -0.25) is 4.68 Å². The zero-order valence-electron chi connectivity index (χ0n) is 10.4. The fraction of sp³-hybridized carbons (Fsp3) is 0.357. The van der Waals surface area contributed by atoms with Crippen LogP contribution in [0.25, 0.3) is 0 Å². The maximum Gasteiger partial charge on any atom is 0.0560 e. The average molecular weight is 229 g/mol. The van der Waals surface area contributed by atoms with Crippen LogP contribution in [0.1, 0.15) is 25.5 Å². The first-order valence-electron chi connectivity index (χ1n) is 6.04. The minimum atomic E-state index is 0.363. The summed E-state index contributed by atoms with van der Waals surface area (Å²) < 4.78 is 1.95. The molecule has 0 saturated carbocycles. The topological polar surface area (TPSA) is 29.9 Å². The van der Waals surface area contributed by atoms with E-state index in [2.05, 4.69) is 48.5 Å². The number of hydrogen-bond donors (Lipinski definition) is 1. The van der Waals surface area contributed by atoms with E-state index in [0.717, 1.165) is 6.54 Å². The van der Waals surface area contributed by atoms with E-state index in [0.29, 0.717) is 12.1 Å². The van der Waals surface area contributed by atoms with Gasteiger partial charge in [0.25, 0.3) is 0 Å². The fourth-order valence-corrected chi connectivity index (χ4v) is 2.01. The molecular weight excluding hydrogens is 210 g/mol. The molecule has 2 aromatic rings. The predicted octanol–water partition coefficient (Wildman–Crippen LogP) is 2.62. The molecule has 1 heterocycles. The van der Waals surface area contributed by atoms with Crippen LogP contribution >= 0.6 is 0 Å². The summed E-state index contributed by atoms with van der Waals surface area (Å²) in [5, 5.41) is 7.79. The van der Waals surface area contributed by atoms with Crippen LogP contribution in [-0.4, -0.2) is 15.8 Å². The van der Waals surface area contributed by atoms with Gasteiger partial charge in [0.15, 0.2) is 0 Å². The summed E-state index contributed by atoms with van der Waals surface area (Å²) in [4.78, 5) is 0. The van der Waals surface area contributed by atoms with Crippen molar-refractivity contribution in [1.29, 1.82) is 0 Å². The SMILES string of the molecule is CC(Cn1cccn1)NC(C)c1ccccc1. The van der Waals surface area contributed by atoms with Crippen LogP contribution in [0.15, 0.2) is 48.8 Å². The Morgan fingerprint density at radius 2 is 1.94 bits per heavy atom. The zero-order chi connectivity index (χ0) is 12.1. The molecule has 0 aliphatic rings. The van der Waals surface area contributed by atoms with E-state index >= 15 is 0 Å². The molecule has 0 radical (unpaired) electrons. The van der Waals surface area contributed by atoms with Crippen molar-refractivity contribution in [2.45, 2.75) is 32.5 Å². The molecule has 2 unspecified atom stereocenters. The summed E-state index contributed by atoms with van der Waals surface area (Å²) >= 11 is 0. The third kappa shape index (κ3) is 3.43. The highest BCUT2D eigenvalue weighted by Gasteiger charge is 2.09. The maximum absolute atomic E-state index is 4.21. The van der Waals surface area contributed by atoms with E-state index < -0.39 is 0 Å². The highest BCUT2D eigenvalue weighted by Crippen LogP contribution is 2.12. The Morgan fingerprint density at radius 3 is 2.59 bits per heavy atom. The van der Waals surface area contributed by atoms with E-state index in [-0.39, 0.29) is 0 Å². The van der Waals surface area contributed by atoms with Gasteiger partial charge in [-0.05, 0) is 25.5 Å². The average Bonchev–Trinajstić information content (AvgIpc) is 2.82. The molecule has 1 aromatic carbocycles. The Kier molecular flexibility index (Phi) is 3.94. The molecule has 3 heteroatoms. The lowest BCUT2D eigenvalue weighted by Crippen LogP contribution is -2.32. The molecular formula is C14H19N3. The molecule has 2 atom stereocenters. The van der Waals surface area contributed by atoms with Crippen LogP contribution in [0.3, 0.4) is 0 Å². The summed E-state index contributed by atoms with van der Waals surface area (Å²) in [6.45, 7) is 5.26. The Balaban J connectivity index is 1.88. The van der Waals surface area contributed by atoms with Gasteiger partial charge >= 0.3 is 0 Å². The number of benzene rings is 1.